The Morgan fingerprint density at radius 3 is 2.61 bits per heavy atom. The molecule has 3 aromatic rings. The van der Waals surface area contributed by atoms with Crippen molar-refractivity contribution >= 4 is 38.6 Å². The minimum absolute atomic E-state index is 0.0262. The quantitative estimate of drug-likeness (QED) is 0.534. The van der Waals surface area contributed by atoms with Crippen molar-refractivity contribution in [1.82, 2.24) is 14.8 Å². The molecule has 5 rings (SSSR count). The molecule has 1 saturated heterocycles. The highest BCUT2D eigenvalue weighted by molar-refractivity contribution is 9.10. The van der Waals surface area contributed by atoms with Crippen molar-refractivity contribution in [2.24, 2.45) is 0 Å². The van der Waals surface area contributed by atoms with Gasteiger partial charge in [0.15, 0.2) is 0 Å². The Morgan fingerprint density at radius 2 is 1.84 bits per heavy atom. The smallest absolute Gasteiger partial charge is 0.246 e. The highest BCUT2D eigenvalue weighted by atomic mass is 79.9. The van der Waals surface area contributed by atoms with Crippen LogP contribution in [0.4, 0.5) is 0 Å². The Balaban J connectivity index is 1.61. The van der Waals surface area contributed by atoms with Crippen LogP contribution in [0.1, 0.15) is 49.0 Å². The number of fused-ring (bicyclic) bond motifs is 4. The van der Waals surface area contributed by atoms with Gasteiger partial charge in [0.1, 0.15) is 6.04 Å². The van der Waals surface area contributed by atoms with E-state index in [2.05, 4.69) is 40.0 Å². The molecule has 2 aliphatic rings. The molecule has 1 fully saturated rings. The number of amides is 2. The number of nitrogens with zero attached hydrogens (tertiary/aromatic N) is 2. The van der Waals surface area contributed by atoms with Crippen molar-refractivity contribution < 1.29 is 9.59 Å². The van der Waals surface area contributed by atoms with Crippen molar-refractivity contribution in [1.29, 1.82) is 0 Å². The highest BCUT2D eigenvalue weighted by Gasteiger charge is 2.47. The Kier molecular flexibility index (Phi) is 5.34. The molecule has 2 amide bonds. The molecule has 160 valence electrons. The molecule has 3 heterocycles. The number of para-hydroxylation sites is 1. The SMILES string of the molecule is CCCCCN1CC(=O)N2C(c3ccc(Br)cc3)c3[nH]c4ccccc4c3C[C@H]2C1=O. The van der Waals surface area contributed by atoms with Crippen molar-refractivity contribution in [3.8, 4) is 0 Å². The van der Waals surface area contributed by atoms with Gasteiger partial charge in [-0.05, 0) is 35.7 Å². The van der Waals surface area contributed by atoms with Gasteiger partial charge in [0.2, 0.25) is 11.8 Å². The summed E-state index contributed by atoms with van der Waals surface area (Å²) in [5.41, 5.74) is 4.25. The zero-order valence-electron chi connectivity index (χ0n) is 17.6. The van der Waals surface area contributed by atoms with E-state index in [1.165, 1.54) is 0 Å². The van der Waals surface area contributed by atoms with E-state index in [1.807, 2.05) is 41.3 Å². The number of unbranched alkanes of at least 4 members (excludes halogenated alkanes) is 2. The Bertz CT molecular complexity index is 1140. The van der Waals surface area contributed by atoms with Gasteiger partial charge in [0, 0.05) is 34.0 Å². The molecular weight excluding hydrogens is 454 g/mol. The molecule has 2 aliphatic heterocycles. The number of H-pyrrole nitrogens is 1. The van der Waals surface area contributed by atoms with Crippen molar-refractivity contribution in [2.45, 2.75) is 44.7 Å². The number of hydrogen-bond acceptors (Lipinski definition) is 2. The maximum absolute atomic E-state index is 13.5. The summed E-state index contributed by atoms with van der Waals surface area (Å²) >= 11 is 3.51. The monoisotopic (exact) mass is 479 g/mol. The second-order valence-electron chi connectivity index (χ2n) is 8.50. The molecule has 6 heteroatoms. The summed E-state index contributed by atoms with van der Waals surface area (Å²) in [6.45, 7) is 2.97. The standard InChI is InChI=1S/C25H26BrN3O2/c1-2-3-6-13-28-15-22(30)29-21(25(28)31)14-19-18-7-4-5-8-20(18)27-23(19)24(29)16-9-11-17(26)12-10-16/h4-5,7-12,21,24,27H,2-3,6,13-15H2,1H3/t21-,24?/m0/s1. The van der Waals surface area contributed by atoms with Gasteiger partial charge in [-0.2, -0.15) is 0 Å². The topological polar surface area (TPSA) is 56.4 Å². The lowest BCUT2D eigenvalue weighted by atomic mass is 9.86. The number of halogens is 1. The summed E-state index contributed by atoms with van der Waals surface area (Å²) in [6, 6.07) is 15.5. The first kappa shape index (κ1) is 20.3. The van der Waals surface area contributed by atoms with E-state index in [-0.39, 0.29) is 24.4 Å². The van der Waals surface area contributed by atoms with Gasteiger partial charge in [0.25, 0.3) is 0 Å². The number of carbonyl (C=O) groups excluding carboxylic acids is 2. The third kappa shape index (κ3) is 3.47. The molecular formula is C25H26BrN3O2. The molecule has 0 aliphatic carbocycles. The van der Waals surface area contributed by atoms with Gasteiger partial charge >= 0.3 is 0 Å². The number of carbonyl (C=O) groups is 2. The van der Waals surface area contributed by atoms with Gasteiger partial charge < -0.3 is 14.8 Å². The molecule has 1 N–H and O–H groups in total. The zero-order valence-corrected chi connectivity index (χ0v) is 19.2. The van der Waals surface area contributed by atoms with Crippen LogP contribution in [0.25, 0.3) is 10.9 Å². The number of aromatic amines is 1. The molecule has 0 spiro atoms. The van der Waals surface area contributed by atoms with Gasteiger partial charge in [-0.25, -0.2) is 0 Å². The van der Waals surface area contributed by atoms with Crippen molar-refractivity contribution in [3.05, 3.63) is 69.8 Å². The summed E-state index contributed by atoms with van der Waals surface area (Å²) in [6.07, 6.45) is 3.66. The Morgan fingerprint density at radius 1 is 1.06 bits per heavy atom. The first-order valence-electron chi connectivity index (χ1n) is 11.0. The fourth-order valence-corrected chi connectivity index (χ4v) is 5.32. The lowest BCUT2D eigenvalue weighted by Gasteiger charge is -2.47. The van der Waals surface area contributed by atoms with Crippen LogP contribution in [0.5, 0.6) is 0 Å². The first-order valence-corrected chi connectivity index (χ1v) is 11.8. The zero-order chi connectivity index (χ0) is 21.5. The number of piperazine rings is 1. The number of aromatic nitrogens is 1. The molecule has 5 nitrogen and oxygen atoms in total. The molecule has 31 heavy (non-hydrogen) atoms. The third-order valence-corrected chi connectivity index (χ3v) is 7.09. The van der Waals surface area contributed by atoms with Crippen LogP contribution in [0.3, 0.4) is 0 Å². The largest absolute Gasteiger partial charge is 0.356 e. The summed E-state index contributed by atoms with van der Waals surface area (Å²) in [4.78, 5) is 34.1. The molecule has 2 aromatic carbocycles. The van der Waals surface area contributed by atoms with Crippen LogP contribution in [0.2, 0.25) is 0 Å². The van der Waals surface area contributed by atoms with Crippen molar-refractivity contribution in [2.75, 3.05) is 13.1 Å². The lowest BCUT2D eigenvalue weighted by molar-refractivity contribution is -0.158. The third-order valence-electron chi connectivity index (χ3n) is 6.56. The van der Waals surface area contributed by atoms with Gasteiger partial charge in [0.05, 0.1) is 12.6 Å². The fraction of sp³-hybridized carbons (Fsp3) is 0.360. The average molecular weight is 480 g/mol. The van der Waals surface area contributed by atoms with E-state index in [1.54, 1.807) is 4.90 Å². The number of hydrogen-bond donors (Lipinski definition) is 1. The highest BCUT2D eigenvalue weighted by Crippen LogP contribution is 2.42. The average Bonchev–Trinajstić information content (AvgIpc) is 3.15. The second kappa shape index (κ2) is 8.15. The predicted octanol–water partition coefficient (Wildman–Crippen LogP) is 4.81. The van der Waals surface area contributed by atoms with E-state index >= 15 is 0 Å². The van der Waals surface area contributed by atoms with Gasteiger partial charge in [-0.3, -0.25) is 9.59 Å². The maximum atomic E-state index is 13.5. The van der Waals surface area contributed by atoms with E-state index in [9.17, 15) is 9.59 Å². The minimum atomic E-state index is -0.455. The molecule has 0 radical (unpaired) electrons. The normalized spacial score (nSPS) is 20.8. The number of rotatable bonds is 5. The molecule has 0 saturated carbocycles. The second-order valence-corrected chi connectivity index (χ2v) is 9.42. The fourth-order valence-electron chi connectivity index (χ4n) is 5.06. The van der Waals surface area contributed by atoms with E-state index < -0.39 is 6.04 Å². The Labute approximate surface area is 190 Å². The Hall–Kier alpha value is -2.60. The lowest BCUT2D eigenvalue weighted by Crippen LogP contribution is -2.63. The van der Waals surface area contributed by atoms with E-state index in [0.717, 1.165) is 51.5 Å². The maximum Gasteiger partial charge on any atom is 0.246 e. The number of nitrogens with one attached hydrogen (secondary N) is 1. The van der Waals surface area contributed by atoms with Crippen LogP contribution in [0, 0.1) is 0 Å². The van der Waals surface area contributed by atoms with Gasteiger partial charge in [-0.15, -0.1) is 0 Å². The number of benzene rings is 2. The molecule has 0 bridgehead atoms. The van der Waals surface area contributed by atoms with Crippen molar-refractivity contribution in [3.63, 3.8) is 0 Å². The van der Waals surface area contributed by atoms with E-state index in [0.29, 0.717) is 13.0 Å². The molecule has 1 aromatic heterocycles. The van der Waals surface area contributed by atoms with E-state index in [4.69, 9.17) is 0 Å². The molecule has 1 unspecified atom stereocenters. The van der Waals surface area contributed by atoms with Crippen LogP contribution < -0.4 is 0 Å². The molecule has 2 atom stereocenters. The first-order chi connectivity index (χ1) is 15.1. The minimum Gasteiger partial charge on any atom is -0.356 e. The summed E-state index contributed by atoms with van der Waals surface area (Å²) in [7, 11) is 0. The van der Waals surface area contributed by atoms with Crippen LogP contribution in [-0.2, 0) is 16.0 Å². The van der Waals surface area contributed by atoms with Gasteiger partial charge in [-0.1, -0.05) is 66.0 Å². The summed E-state index contributed by atoms with van der Waals surface area (Å²) in [5, 5.41) is 1.14. The van der Waals surface area contributed by atoms with Crippen LogP contribution >= 0.6 is 15.9 Å². The summed E-state index contributed by atoms with van der Waals surface area (Å²) in [5.74, 6) is 0.104. The van der Waals surface area contributed by atoms with Crippen LogP contribution in [-0.4, -0.2) is 45.7 Å². The predicted molar refractivity (Wildman–Crippen MR) is 125 cm³/mol. The van der Waals surface area contributed by atoms with Crippen LogP contribution in [0.15, 0.2) is 53.0 Å². The summed E-state index contributed by atoms with van der Waals surface area (Å²) < 4.78 is 0.989.